The number of nitrogens with zero attached hydrogens (tertiary/aromatic N) is 3. The fourth-order valence-electron chi connectivity index (χ4n) is 5.13. The van der Waals surface area contributed by atoms with E-state index in [1.165, 1.54) is 0 Å². The lowest BCUT2D eigenvalue weighted by atomic mass is 9.87. The van der Waals surface area contributed by atoms with Crippen molar-refractivity contribution in [1.29, 1.82) is 0 Å². The van der Waals surface area contributed by atoms with E-state index in [2.05, 4.69) is 31.1 Å². The summed E-state index contributed by atoms with van der Waals surface area (Å²) in [6, 6.07) is 16.8. The van der Waals surface area contributed by atoms with Gasteiger partial charge in [0.25, 0.3) is 5.91 Å². The van der Waals surface area contributed by atoms with E-state index in [0.29, 0.717) is 29.5 Å². The lowest BCUT2D eigenvalue weighted by Crippen LogP contribution is -2.46. The molecule has 10 heteroatoms. The van der Waals surface area contributed by atoms with Crippen LogP contribution in [0.15, 0.2) is 67.0 Å². The predicted molar refractivity (Wildman–Crippen MR) is 142 cm³/mol. The van der Waals surface area contributed by atoms with Gasteiger partial charge in [-0.1, -0.05) is 18.2 Å². The van der Waals surface area contributed by atoms with Crippen LogP contribution in [0.2, 0.25) is 0 Å². The lowest BCUT2D eigenvalue weighted by Gasteiger charge is -2.37. The minimum absolute atomic E-state index is 0.170. The van der Waals surface area contributed by atoms with Crippen LogP contribution in [0.25, 0.3) is 11.4 Å². The Morgan fingerprint density at radius 3 is 2.74 bits per heavy atom. The largest absolute Gasteiger partial charge is 0.493 e. The standard InChI is InChI=1S/C28H29N7O3/c1-37-23-7-3-6-21-22(17-38-24(21)23)31-26(36)19-4-2-5-20(16-19)33-28(10-14-30-15-11-28)27-32-25(34-35-27)18-8-12-29-13-9-18/h2-9,12-13,16,22,30,33H,10-11,14-15,17H2,1H3,(H,31,36)(H,32,34,35)/t22-/m1/s1. The number of ether oxygens (including phenoxy) is 2. The third kappa shape index (κ3) is 4.54. The maximum absolute atomic E-state index is 13.3. The minimum Gasteiger partial charge on any atom is -0.493 e. The Balaban J connectivity index is 1.22. The van der Waals surface area contributed by atoms with Gasteiger partial charge in [0.2, 0.25) is 0 Å². The molecule has 10 nitrogen and oxygen atoms in total. The van der Waals surface area contributed by atoms with E-state index >= 15 is 0 Å². The molecule has 6 rings (SSSR count). The Hall–Kier alpha value is -4.44. The predicted octanol–water partition coefficient (Wildman–Crippen LogP) is 3.43. The summed E-state index contributed by atoms with van der Waals surface area (Å²) in [4.78, 5) is 22.2. The highest BCUT2D eigenvalue weighted by Crippen LogP contribution is 2.40. The number of hydrogen-bond donors (Lipinski definition) is 4. The van der Waals surface area contributed by atoms with Crippen LogP contribution in [0.4, 0.5) is 5.69 Å². The Kier molecular flexibility index (Phi) is 6.38. The van der Waals surface area contributed by atoms with E-state index in [0.717, 1.165) is 48.6 Å². The molecule has 1 amide bonds. The molecule has 38 heavy (non-hydrogen) atoms. The number of fused-ring (bicyclic) bond motifs is 1. The molecule has 1 saturated heterocycles. The number of anilines is 1. The fraction of sp³-hybridized carbons (Fsp3) is 0.286. The smallest absolute Gasteiger partial charge is 0.251 e. The lowest BCUT2D eigenvalue weighted by molar-refractivity contribution is 0.0930. The number of carbonyl (C=O) groups excluding carboxylic acids is 1. The first-order valence-electron chi connectivity index (χ1n) is 12.7. The number of pyridine rings is 1. The molecule has 0 saturated carbocycles. The molecule has 0 aliphatic carbocycles. The van der Waals surface area contributed by atoms with Gasteiger partial charge < -0.3 is 25.4 Å². The van der Waals surface area contributed by atoms with E-state index in [1.54, 1.807) is 19.5 Å². The van der Waals surface area contributed by atoms with Crippen molar-refractivity contribution in [2.75, 3.05) is 32.1 Å². The van der Waals surface area contributed by atoms with Crippen LogP contribution >= 0.6 is 0 Å². The number of piperidine rings is 1. The van der Waals surface area contributed by atoms with Crippen molar-refractivity contribution in [3.05, 3.63) is 83.9 Å². The van der Waals surface area contributed by atoms with Crippen LogP contribution in [-0.4, -0.2) is 52.9 Å². The Bertz CT molecular complexity index is 1430. The quantitative estimate of drug-likeness (QED) is 0.297. The van der Waals surface area contributed by atoms with Crippen LogP contribution in [0.3, 0.4) is 0 Å². The van der Waals surface area contributed by atoms with Crippen molar-refractivity contribution < 1.29 is 14.3 Å². The first kappa shape index (κ1) is 23.9. The number of benzene rings is 2. The summed E-state index contributed by atoms with van der Waals surface area (Å²) in [5.41, 5.74) is 2.76. The average Bonchev–Trinajstić information content (AvgIpc) is 3.63. The van der Waals surface area contributed by atoms with Crippen molar-refractivity contribution in [2.45, 2.75) is 24.4 Å². The van der Waals surface area contributed by atoms with Crippen LogP contribution in [0.5, 0.6) is 11.5 Å². The molecular weight excluding hydrogens is 482 g/mol. The molecule has 4 N–H and O–H groups in total. The van der Waals surface area contributed by atoms with Gasteiger partial charge in [-0.25, -0.2) is 4.98 Å². The van der Waals surface area contributed by atoms with Gasteiger partial charge in [-0.15, -0.1) is 0 Å². The second-order valence-corrected chi connectivity index (χ2v) is 9.50. The van der Waals surface area contributed by atoms with Gasteiger partial charge in [0, 0.05) is 34.8 Å². The van der Waals surface area contributed by atoms with E-state index in [9.17, 15) is 4.79 Å². The zero-order valence-electron chi connectivity index (χ0n) is 21.0. The highest BCUT2D eigenvalue weighted by Gasteiger charge is 2.37. The molecule has 0 spiro atoms. The van der Waals surface area contributed by atoms with Crippen molar-refractivity contribution in [2.24, 2.45) is 0 Å². The van der Waals surface area contributed by atoms with Gasteiger partial charge in [-0.3, -0.25) is 14.9 Å². The van der Waals surface area contributed by atoms with Crippen molar-refractivity contribution in [1.82, 2.24) is 30.8 Å². The molecule has 2 aromatic carbocycles. The molecule has 0 bridgehead atoms. The molecular formula is C28H29N7O3. The molecule has 4 aromatic rings. The van der Waals surface area contributed by atoms with Crippen LogP contribution in [0, 0.1) is 0 Å². The molecule has 2 aromatic heterocycles. The average molecular weight is 512 g/mol. The third-order valence-corrected chi connectivity index (χ3v) is 7.15. The normalized spacial score (nSPS) is 17.8. The first-order chi connectivity index (χ1) is 18.6. The van der Waals surface area contributed by atoms with Crippen LogP contribution in [0.1, 0.15) is 40.6 Å². The van der Waals surface area contributed by atoms with Gasteiger partial charge in [0.1, 0.15) is 6.61 Å². The van der Waals surface area contributed by atoms with Gasteiger partial charge in [-0.05, 0) is 62.3 Å². The van der Waals surface area contributed by atoms with Crippen LogP contribution in [-0.2, 0) is 5.54 Å². The summed E-state index contributed by atoms with van der Waals surface area (Å²) < 4.78 is 11.2. The SMILES string of the molecule is COc1cccc2c1OC[C@H]2NC(=O)c1cccc(NC2(c3nc(-c4ccncc4)n[nH]3)CCNCC2)c1. The van der Waals surface area contributed by atoms with E-state index in [1.807, 2.05) is 54.6 Å². The zero-order chi connectivity index (χ0) is 26.0. The van der Waals surface area contributed by atoms with E-state index in [-0.39, 0.29) is 11.9 Å². The summed E-state index contributed by atoms with van der Waals surface area (Å²) >= 11 is 0. The number of nitrogens with one attached hydrogen (secondary N) is 4. The summed E-state index contributed by atoms with van der Waals surface area (Å²) in [5.74, 6) is 2.58. The second kappa shape index (κ2) is 10.1. The second-order valence-electron chi connectivity index (χ2n) is 9.50. The van der Waals surface area contributed by atoms with Gasteiger partial charge in [0.15, 0.2) is 23.1 Å². The minimum atomic E-state index is -0.451. The fourth-order valence-corrected chi connectivity index (χ4v) is 5.13. The van der Waals surface area contributed by atoms with Crippen molar-refractivity contribution in [3.8, 4) is 22.9 Å². The number of para-hydroxylation sites is 1. The number of aromatic nitrogens is 4. The Morgan fingerprint density at radius 1 is 1.11 bits per heavy atom. The van der Waals surface area contributed by atoms with Gasteiger partial charge in [-0.2, -0.15) is 5.10 Å². The van der Waals surface area contributed by atoms with E-state index in [4.69, 9.17) is 14.5 Å². The monoisotopic (exact) mass is 511 g/mol. The molecule has 1 fully saturated rings. The summed E-state index contributed by atoms with van der Waals surface area (Å²) in [6.07, 6.45) is 5.08. The summed E-state index contributed by atoms with van der Waals surface area (Å²) in [6.45, 7) is 2.03. The van der Waals surface area contributed by atoms with Gasteiger partial charge >= 0.3 is 0 Å². The topological polar surface area (TPSA) is 126 Å². The Morgan fingerprint density at radius 2 is 1.92 bits per heavy atom. The molecule has 0 radical (unpaired) electrons. The molecule has 2 aliphatic heterocycles. The van der Waals surface area contributed by atoms with E-state index < -0.39 is 5.54 Å². The molecule has 4 heterocycles. The maximum Gasteiger partial charge on any atom is 0.251 e. The third-order valence-electron chi connectivity index (χ3n) is 7.15. The number of carbonyl (C=O) groups is 1. The number of amides is 1. The zero-order valence-corrected chi connectivity index (χ0v) is 21.0. The maximum atomic E-state index is 13.3. The highest BCUT2D eigenvalue weighted by molar-refractivity contribution is 5.95. The first-order valence-corrected chi connectivity index (χ1v) is 12.7. The van der Waals surface area contributed by atoms with Crippen molar-refractivity contribution >= 4 is 11.6 Å². The molecule has 2 aliphatic rings. The number of hydrogen-bond acceptors (Lipinski definition) is 8. The molecule has 0 unspecified atom stereocenters. The molecule has 194 valence electrons. The highest BCUT2D eigenvalue weighted by atomic mass is 16.5. The van der Waals surface area contributed by atoms with Gasteiger partial charge in [0.05, 0.1) is 18.7 Å². The Labute approximate surface area is 220 Å². The number of H-pyrrole nitrogens is 1. The number of aromatic amines is 1. The molecule has 1 atom stereocenters. The van der Waals surface area contributed by atoms with Crippen LogP contribution < -0.4 is 25.4 Å². The summed E-state index contributed by atoms with van der Waals surface area (Å²) in [7, 11) is 1.61. The summed E-state index contributed by atoms with van der Waals surface area (Å²) in [5, 5.41) is 17.9. The number of methoxy groups -OCH3 is 1. The number of rotatable bonds is 7. The van der Waals surface area contributed by atoms with Crippen molar-refractivity contribution in [3.63, 3.8) is 0 Å².